The van der Waals surface area contributed by atoms with Crippen LogP contribution >= 0.6 is 11.6 Å². The predicted molar refractivity (Wildman–Crippen MR) is 104 cm³/mol. The van der Waals surface area contributed by atoms with Crippen molar-refractivity contribution in [2.75, 3.05) is 38.1 Å². The van der Waals surface area contributed by atoms with E-state index < -0.39 is 5.91 Å². The van der Waals surface area contributed by atoms with Gasteiger partial charge in [-0.05, 0) is 24.3 Å². The molecule has 0 aliphatic heterocycles. The summed E-state index contributed by atoms with van der Waals surface area (Å²) in [7, 11) is 4.49. The van der Waals surface area contributed by atoms with E-state index in [-0.39, 0.29) is 12.5 Å². The molecule has 0 fully saturated rings. The van der Waals surface area contributed by atoms with Gasteiger partial charge < -0.3 is 24.4 Å². The standard InChI is InChI=1S/C19H21ClN2O5/c1-12(23)22(13-5-7-14(25-2)8-6-13)11-19(24)21-16-10-17(26-3)15(20)9-18(16)27-4/h5-10H,11H2,1-4H3,(H,21,24). The molecule has 0 heterocycles. The number of amides is 2. The Morgan fingerprint density at radius 2 is 1.63 bits per heavy atom. The van der Waals surface area contributed by atoms with E-state index >= 15 is 0 Å². The van der Waals surface area contributed by atoms with Gasteiger partial charge in [0.2, 0.25) is 11.8 Å². The van der Waals surface area contributed by atoms with Crippen LogP contribution in [0.2, 0.25) is 5.02 Å². The number of ether oxygens (including phenoxy) is 3. The van der Waals surface area contributed by atoms with E-state index in [1.54, 1.807) is 43.5 Å². The van der Waals surface area contributed by atoms with Crippen LogP contribution in [0.15, 0.2) is 36.4 Å². The van der Waals surface area contributed by atoms with Crippen molar-refractivity contribution in [2.45, 2.75) is 6.92 Å². The molecule has 8 heteroatoms. The van der Waals surface area contributed by atoms with Crippen LogP contribution in [0.4, 0.5) is 11.4 Å². The zero-order valence-corrected chi connectivity index (χ0v) is 16.3. The van der Waals surface area contributed by atoms with E-state index in [0.29, 0.717) is 33.6 Å². The lowest BCUT2D eigenvalue weighted by molar-refractivity contribution is -0.120. The summed E-state index contributed by atoms with van der Waals surface area (Å²) in [5, 5.41) is 3.08. The monoisotopic (exact) mass is 392 g/mol. The van der Waals surface area contributed by atoms with Gasteiger partial charge >= 0.3 is 0 Å². The van der Waals surface area contributed by atoms with Crippen molar-refractivity contribution < 1.29 is 23.8 Å². The minimum Gasteiger partial charge on any atom is -0.497 e. The number of nitrogens with zero attached hydrogens (tertiary/aromatic N) is 1. The molecule has 2 aromatic rings. The van der Waals surface area contributed by atoms with Crippen molar-refractivity contribution in [1.82, 2.24) is 0 Å². The number of benzene rings is 2. The van der Waals surface area contributed by atoms with Crippen molar-refractivity contribution >= 4 is 34.8 Å². The Labute approximate surface area is 162 Å². The van der Waals surface area contributed by atoms with Gasteiger partial charge in [-0.3, -0.25) is 9.59 Å². The van der Waals surface area contributed by atoms with E-state index in [1.807, 2.05) is 0 Å². The van der Waals surface area contributed by atoms with Gasteiger partial charge in [0.05, 0.1) is 32.0 Å². The number of carbonyl (C=O) groups excluding carboxylic acids is 2. The highest BCUT2D eigenvalue weighted by atomic mass is 35.5. The van der Waals surface area contributed by atoms with E-state index in [9.17, 15) is 9.59 Å². The summed E-state index contributed by atoms with van der Waals surface area (Å²) in [6, 6.07) is 9.96. The molecule has 0 aromatic heterocycles. The van der Waals surface area contributed by atoms with Crippen molar-refractivity contribution in [3.63, 3.8) is 0 Å². The number of hydrogen-bond donors (Lipinski definition) is 1. The smallest absolute Gasteiger partial charge is 0.244 e. The SMILES string of the molecule is COc1ccc(N(CC(=O)Nc2cc(OC)c(Cl)cc2OC)C(C)=O)cc1. The first kappa shape index (κ1) is 20.4. The number of halogens is 1. The normalized spacial score (nSPS) is 10.1. The maximum atomic E-state index is 12.5. The van der Waals surface area contributed by atoms with Gasteiger partial charge in [0.25, 0.3) is 0 Å². The molecule has 1 N–H and O–H groups in total. The molecular weight excluding hydrogens is 372 g/mol. The van der Waals surface area contributed by atoms with E-state index in [1.165, 1.54) is 26.0 Å². The molecule has 7 nitrogen and oxygen atoms in total. The summed E-state index contributed by atoms with van der Waals surface area (Å²) in [4.78, 5) is 25.9. The van der Waals surface area contributed by atoms with Gasteiger partial charge in [-0.15, -0.1) is 0 Å². The van der Waals surface area contributed by atoms with Gasteiger partial charge in [0, 0.05) is 24.7 Å². The molecule has 0 spiro atoms. The van der Waals surface area contributed by atoms with Gasteiger partial charge in [-0.2, -0.15) is 0 Å². The molecule has 0 radical (unpaired) electrons. The van der Waals surface area contributed by atoms with Crippen LogP contribution in [0, 0.1) is 0 Å². The van der Waals surface area contributed by atoms with Crippen LogP contribution in [0.25, 0.3) is 0 Å². The van der Waals surface area contributed by atoms with E-state index in [4.69, 9.17) is 25.8 Å². The van der Waals surface area contributed by atoms with Crippen LogP contribution < -0.4 is 24.4 Å². The van der Waals surface area contributed by atoms with Gasteiger partial charge in [0.1, 0.15) is 23.8 Å². The minimum absolute atomic E-state index is 0.171. The van der Waals surface area contributed by atoms with Crippen LogP contribution in [0.3, 0.4) is 0 Å². The van der Waals surface area contributed by atoms with Crippen LogP contribution in [-0.2, 0) is 9.59 Å². The summed E-state index contributed by atoms with van der Waals surface area (Å²) in [6.45, 7) is 1.22. The summed E-state index contributed by atoms with van der Waals surface area (Å²) >= 11 is 6.07. The fourth-order valence-corrected chi connectivity index (χ4v) is 2.67. The molecule has 0 aliphatic carbocycles. The number of nitrogens with one attached hydrogen (secondary N) is 1. The first-order chi connectivity index (χ1) is 12.9. The fraction of sp³-hybridized carbons (Fsp3) is 0.263. The molecule has 2 aromatic carbocycles. The molecule has 0 saturated carbocycles. The van der Waals surface area contributed by atoms with Crippen LogP contribution in [-0.4, -0.2) is 39.7 Å². The quantitative estimate of drug-likeness (QED) is 0.781. The minimum atomic E-state index is -0.399. The molecule has 0 atom stereocenters. The third-order valence-corrected chi connectivity index (χ3v) is 4.11. The maximum Gasteiger partial charge on any atom is 0.244 e. The Kier molecular flexibility index (Phi) is 6.90. The second kappa shape index (κ2) is 9.14. The second-order valence-corrected chi connectivity index (χ2v) is 5.95. The molecular formula is C19H21ClN2O5. The molecule has 27 heavy (non-hydrogen) atoms. The van der Waals surface area contributed by atoms with Gasteiger partial charge in [-0.25, -0.2) is 0 Å². The fourth-order valence-electron chi connectivity index (χ4n) is 2.44. The van der Waals surface area contributed by atoms with Crippen LogP contribution in [0.1, 0.15) is 6.92 Å². The lowest BCUT2D eigenvalue weighted by Gasteiger charge is -2.21. The number of hydrogen-bond acceptors (Lipinski definition) is 5. The Hall–Kier alpha value is -2.93. The average molecular weight is 393 g/mol. The summed E-state index contributed by atoms with van der Waals surface area (Å²) < 4.78 is 15.5. The highest BCUT2D eigenvalue weighted by Gasteiger charge is 2.18. The number of carbonyl (C=O) groups is 2. The zero-order valence-electron chi connectivity index (χ0n) is 15.5. The molecule has 144 valence electrons. The number of rotatable bonds is 7. The Balaban J connectivity index is 2.20. The maximum absolute atomic E-state index is 12.5. The summed E-state index contributed by atoms with van der Waals surface area (Å²) in [5.74, 6) is 0.767. The number of methoxy groups -OCH3 is 3. The molecule has 2 amide bonds. The molecule has 0 aliphatic rings. The van der Waals surface area contributed by atoms with E-state index in [2.05, 4.69) is 5.32 Å². The molecule has 2 rings (SSSR count). The van der Waals surface area contributed by atoms with Gasteiger partial charge in [-0.1, -0.05) is 11.6 Å². The zero-order chi connectivity index (χ0) is 20.0. The van der Waals surface area contributed by atoms with Gasteiger partial charge in [0.15, 0.2) is 0 Å². The highest BCUT2D eigenvalue weighted by molar-refractivity contribution is 6.32. The highest BCUT2D eigenvalue weighted by Crippen LogP contribution is 2.35. The van der Waals surface area contributed by atoms with Crippen molar-refractivity contribution in [3.05, 3.63) is 41.4 Å². The average Bonchev–Trinajstić information content (AvgIpc) is 2.67. The first-order valence-electron chi connectivity index (χ1n) is 8.03. The lowest BCUT2D eigenvalue weighted by atomic mass is 10.2. The summed E-state index contributed by atoms with van der Waals surface area (Å²) in [5.41, 5.74) is 0.973. The Bertz CT molecular complexity index is 824. The third kappa shape index (κ3) is 5.04. The number of anilines is 2. The topological polar surface area (TPSA) is 77.1 Å². The first-order valence-corrected chi connectivity index (χ1v) is 8.41. The largest absolute Gasteiger partial charge is 0.497 e. The van der Waals surface area contributed by atoms with Crippen molar-refractivity contribution in [2.24, 2.45) is 0 Å². The lowest BCUT2D eigenvalue weighted by Crippen LogP contribution is -2.36. The molecule has 0 bridgehead atoms. The van der Waals surface area contributed by atoms with E-state index in [0.717, 1.165) is 0 Å². The molecule has 0 saturated heterocycles. The Morgan fingerprint density at radius 1 is 1.00 bits per heavy atom. The second-order valence-electron chi connectivity index (χ2n) is 5.54. The molecule has 0 unspecified atom stereocenters. The Morgan fingerprint density at radius 3 is 2.15 bits per heavy atom. The predicted octanol–water partition coefficient (Wildman–Crippen LogP) is 3.36. The van der Waals surface area contributed by atoms with Crippen LogP contribution in [0.5, 0.6) is 17.2 Å². The third-order valence-electron chi connectivity index (χ3n) is 3.81. The van der Waals surface area contributed by atoms with Crippen molar-refractivity contribution in [1.29, 1.82) is 0 Å². The van der Waals surface area contributed by atoms with Crippen molar-refractivity contribution in [3.8, 4) is 17.2 Å². The summed E-state index contributed by atoms with van der Waals surface area (Å²) in [6.07, 6.45) is 0.